The number of ether oxygens (including phenoxy) is 1. The van der Waals surface area contributed by atoms with Crippen LogP contribution in [0, 0.1) is 0 Å². The molecule has 1 fully saturated rings. The highest BCUT2D eigenvalue weighted by molar-refractivity contribution is 4.94. The average molecular weight is 196 g/mol. The third kappa shape index (κ3) is 2.56. The van der Waals surface area contributed by atoms with Gasteiger partial charge < -0.3 is 14.6 Å². The molecule has 2 heterocycles. The van der Waals surface area contributed by atoms with Crippen LogP contribution in [0.1, 0.15) is 25.5 Å². The van der Waals surface area contributed by atoms with Crippen molar-refractivity contribution in [2.45, 2.75) is 38.5 Å². The van der Waals surface area contributed by atoms with E-state index in [1.807, 2.05) is 6.07 Å². The summed E-state index contributed by atoms with van der Waals surface area (Å²) in [7, 11) is 0. The van der Waals surface area contributed by atoms with E-state index in [1.165, 1.54) is 6.42 Å². The summed E-state index contributed by atoms with van der Waals surface area (Å²) in [6.07, 6.45) is 4.72. The molecule has 1 aromatic heterocycles. The molecule has 2 atom stereocenters. The van der Waals surface area contributed by atoms with Crippen LogP contribution in [0.15, 0.2) is 16.9 Å². The first-order valence-corrected chi connectivity index (χ1v) is 5.10. The Bertz CT molecular complexity index is 261. The highest BCUT2D eigenvalue weighted by atomic mass is 16.5. The lowest BCUT2D eigenvalue weighted by Gasteiger charge is -2.10. The van der Waals surface area contributed by atoms with Crippen molar-refractivity contribution in [3.63, 3.8) is 0 Å². The lowest BCUT2D eigenvalue weighted by Crippen LogP contribution is -2.26. The smallest absolute Gasteiger partial charge is 0.124 e. The minimum Gasteiger partial charge on any atom is -0.374 e. The summed E-state index contributed by atoms with van der Waals surface area (Å²) in [6, 6.07) is 1.87. The predicted octanol–water partition coefficient (Wildman–Crippen LogP) is 1.33. The molecule has 78 valence electrons. The topological polar surface area (TPSA) is 47.3 Å². The van der Waals surface area contributed by atoms with Crippen molar-refractivity contribution in [1.29, 1.82) is 0 Å². The van der Waals surface area contributed by atoms with Gasteiger partial charge in [0, 0.05) is 19.2 Å². The molecule has 0 amide bonds. The SMILES string of the molecule is CC1CCC(CNCc2ccon2)O1. The van der Waals surface area contributed by atoms with Crippen molar-refractivity contribution in [3.8, 4) is 0 Å². The Kier molecular flexibility index (Phi) is 3.16. The van der Waals surface area contributed by atoms with Gasteiger partial charge >= 0.3 is 0 Å². The fourth-order valence-corrected chi connectivity index (χ4v) is 1.73. The van der Waals surface area contributed by atoms with Gasteiger partial charge in [-0.25, -0.2) is 0 Å². The van der Waals surface area contributed by atoms with E-state index in [4.69, 9.17) is 9.26 Å². The zero-order valence-electron chi connectivity index (χ0n) is 8.40. The van der Waals surface area contributed by atoms with Gasteiger partial charge in [0.05, 0.1) is 17.9 Å². The summed E-state index contributed by atoms with van der Waals surface area (Å²) in [4.78, 5) is 0. The molecule has 14 heavy (non-hydrogen) atoms. The molecule has 1 saturated heterocycles. The maximum atomic E-state index is 5.67. The zero-order valence-corrected chi connectivity index (χ0v) is 8.40. The standard InChI is InChI=1S/C10H16N2O2/c1-8-2-3-10(14-8)7-11-6-9-4-5-13-12-9/h4-5,8,10-11H,2-3,6-7H2,1H3. The van der Waals surface area contributed by atoms with Gasteiger partial charge in [-0.1, -0.05) is 5.16 Å². The maximum absolute atomic E-state index is 5.67. The van der Waals surface area contributed by atoms with Crippen LogP contribution in [0.5, 0.6) is 0 Å². The van der Waals surface area contributed by atoms with Gasteiger partial charge in [0.2, 0.25) is 0 Å². The summed E-state index contributed by atoms with van der Waals surface area (Å²) in [6.45, 7) is 3.78. The molecule has 0 bridgehead atoms. The number of hydrogen-bond donors (Lipinski definition) is 1. The number of rotatable bonds is 4. The van der Waals surface area contributed by atoms with Crippen LogP contribution >= 0.6 is 0 Å². The molecule has 0 aliphatic carbocycles. The molecule has 4 heteroatoms. The van der Waals surface area contributed by atoms with Gasteiger partial charge in [-0.05, 0) is 19.8 Å². The van der Waals surface area contributed by atoms with Crippen molar-refractivity contribution in [2.24, 2.45) is 0 Å². The fourth-order valence-electron chi connectivity index (χ4n) is 1.73. The zero-order chi connectivity index (χ0) is 9.80. The molecule has 1 aliphatic heterocycles. The first kappa shape index (κ1) is 9.68. The summed E-state index contributed by atoms with van der Waals surface area (Å²) in [5.74, 6) is 0. The van der Waals surface area contributed by atoms with E-state index in [-0.39, 0.29) is 0 Å². The Morgan fingerprint density at radius 3 is 3.14 bits per heavy atom. The monoisotopic (exact) mass is 196 g/mol. The number of aromatic nitrogens is 1. The second kappa shape index (κ2) is 4.57. The van der Waals surface area contributed by atoms with E-state index >= 15 is 0 Å². The third-order valence-electron chi connectivity index (χ3n) is 2.49. The molecular weight excluding hydrogens is 180 g/mol. The van der Waals surface area contributed by atoms with Gasteiger partial charge in [0.1, 0.15) is 6.26 Å². The van der Waals surface area contributed by atoms with Gasteiger partial charge in [0.25, 0.3) is 0 Å². The minimum atomic E-state index is 0.372. The van der Waals surface area contributed by atoms with Crippen molar-refractivity contribution in [1.82, 2.24) is 10.5 Å². The Hall–Kier alpha value is -0.870. The van der Waals surface area contributed by atoms with Crippen molar-refractivity contribution >= 4 is 0 Å². The van der Waals surface area contributed by atoms with Crippen LogP contribution in [-0.4, -0.2) is 23.9 Å². The second-order valence-electron chi connectivity index (χ2n) is 3.77. The molecule has 0 saturated carbocycles. The van der Waals surface area contributed by atoms with Gasteiger partial charge in [-0.3, -0.25) is 0 Å². The van der Waals surface area contributed by atoms with Crippen LogP contribution in [0.4, 0.5) is 0 Å². The summed E-state index contributed by atoms with van der Waals surface area (Å²) in [5, 5.41) is 7.12. The summed E-state index contributed by atoms with van der Waals surface area (Å²) in [5.41, 5.74) is 0.941. The molecule has 0 radical (unpaired) electrons. The average Bonchev–Trinajstić information content (AvgIpc) is 2.77. The first-order chi connectivity index (χ1) is 6.84. The van der Waals surface area contributed by atoms with Crippen LogP contribution in [0.2, 0.25) is 0 Å². The highest BCUT2D eigenvalue weighted by Gasteiger charge is 2.20. The quantitative estimate of drug-likeness (QED) is 0.789. The molecule has 2 rings (SSSR count). The van der Waals surface area contributed by atoms with Crippen molar-refractivity contribution in [3.05, 3.63) is 18.0 Å². The van der Waals surface area contributed by atoms with E-state index in [0.29, 0.717) is 12.2 Å². The number of hydrogen-bond acceptors (Lipinski definition) is 4. The summed E-state index contributed by atoms with van der Waals surface area (Å²) >= 11 is 0. The summed E-state index contributed by atoms with van der Waals surface area (Å²) < 4.78 is 10.4. The Morgan fingerprint density at radius 2 is 2.50 bits per heavy atom. The minimum absolute atomic E-state index is 0.372. The molecule has 1 N–H and O–H groups in total. The molecule has 0 spiro atoms. The molecule has 0 aromatic carbocycles. The van der Waals surface area contributed by atoms with Crippen LogP contribution in [0.25, 0.3) is 0 Å². The van der Waals surface area contributed by atoms with Crippen LogP contribution in [0.3, 0.4) is 0 Å². The normalized spacial score (nSPS) is 26.9. The molecular formula is C10H16N2O2. The number of nitrogens with zero attached hydrogens (tertiary/aromatic N) is 1. The first-order valence-electron chi connectivity index (χ1n) is 5.10. The Morgan fingerprint density at radius 1 is 1.57 bits per heavy atom. The van der Waals surface area contributed by atoms with Gasteiger partial charge in [-0.15, -0.1) is 0 Å². The highest BCUT2D eigenvalue weighted by Crippen LogP contribution is 2.18. The lowest BCUT2D eigenvalue weighted by atomic mass is 10.2. The largest absolute Gasteiger partial charge is 0.374 e. The maximum Gasteiger partial charge on any atom is 0.124 e. The van der Waals surface area contributed by atoms with E-state index in [2.05, 4.69) is 17.4 Å². The van der Waals surface area contributed by atoms with Crippen molar-refractivity contribution < 1.29 is 9.26 Å². The molecule has 2 unspecified atom stereocenters. The number of nitrogens with one attached hydrogen (secondary N) is 1. The van der Waals surface area contributed by atoms with E-state index in [1.54, 1.807) is 6.26 Å². The Labute approximate surface area is 83.6 Å². The molecule has 4 nitrogen and oxygen atoms in total. The second-order valence-corrected chi connectivity index (χ2v) is 3.77. The van der Waals surface area contributed by atoms with E-state index < -0.39 is 0 Å². The van der Waals surface area contributed by atoms with Gasteiger partial charge in [-0.2, -0.15) is 0 Å². The van der Waals surface area contributed by atoms with Gasteiger partial charge in [0.15, 0.2) is 0 Å². The van der Waals surface area contributed by atoms with Crippen LogP contribution < -0.4 is 5.32 Å². The van der Waals surface area contributed by atoms with Crippen molar-refractivity contribution in [2.75, 3.05) is 6.54 Å². The predicted molar refractivity (Wildman–Crippen MR) is 51.8 cm³/mol. The molecule has 1 aliphatic rings. The third-order valence-corrected chi connectivity index (χ3v) is 2.49. The van der Waals surface area contributed by atoms with E-state index in [9.17, 15) is 0 Å². The van der Waals surface area contributed by atoms with Crippen LogP contribution in [-0.2, 0) is 11.3 Å². The van der Waals surface area contributed by atoms with E-state index in [0.717, 1.165) is 25.2 Å². The lowest BCUT2D eigenvalue weighted by molar-refractivity contribution is 0.0558. The Balaban J connectivity index is 1.64. The molecule has 1 aromatic rings. The fraction of sp³-hybridized carbons (Fsp3) is 0.700.